The monoisotopic (exact) mass is 271 g/mol. The highest BCUT2D eigenvalue weighted by atomic mass is 16.5. The number of rotatable bonds is 2. The van der Waals surface area contributed by atoms with Crippen LogP contribution in [0.3, 0.4) is 0 Å². The summed E-state index contributed by atoms with van der Waals surface area (Å²) in [4.78, 5) is 26.3. The summed E-state index contributed by atoms with van der Waals surface area (Å²) >= 11 is 0. The Morgan fingerprint density at radius 1 is 1.00 bits per heavy atom. The van der Waals surface area contributed by atoms with Crippen molar-refractivity contribution in [1.82, 2.24) is 0 Å². The van der Waals surface area contributed by atoms with Gasteiger partial charge >= 0.3 is 0 Å². The van der Waals surface area contributed by atoms with E-state index < -0.39 is 0 Å². The summed E-state index contributed by atoms with van der Waals surface area (Å²) in [6, 6.07) is 6.94. The fourth-order valence-electron chi connectivity index (χ4n) is 3.29. The minimum Gasteiger partial charge on any atom is -0.497 e. The van der Waals surface area contributed by atoms with Gasteiger partial charge in [0, 0.05) is 0 Å². The van der Waals surface area contributed by atoms with Crippen molar-refractivity contribution in [3.63, 3.8) is 0 Å². The van der Waals surface area contributed by atoms with E-state index in [1.165, 1.54) is 4.90 Å². The highest BCUT2D eigenvalue weighted by Crippen LogP contribution is 2.46. The molecule has 3 aliphatic rings. The van der Waals surface area contributed by atoms with Crippen molar-refractivity contribution in [3.8, 4) is 5.75 Å². The van der Waals surface area contributed by atoms with Crippen LogP contribution < -0.4 is 9.64 Å². The number of benzene rings is 1. The van der Waals surface area contributed by atoms with E-state index in [-0.39, 0.29) is 35.9 Å². The van der Waals surface area contributed by atoms with Crippen LogP contribution in [0.2, 0.25) is 0 Å². The van der Waals surface area contributed by atoms with E-state index in [1.807, 2.05) is 12.2 Å². The van der Waals surface area contributed by atoms with E-state index in [0.29, 0.717) is 11.4 Å². The Labute approximate surface area is 115 Å². The van der Waals surface area contributed by atoms with Gasteiger partial charge in [0.05, 0.1) is 36.8 Å². The van der Waals surface area contributed by atoms with Gasteiger partial charge in [-0.05, 0) is 24.3 Å². The third-order valence-corrected chi connectivity index (χ3v) is 4.24. The Hall–Kier alpha value is -2.14. The number of nitrogens with zero attached hydrogens (tertiary/aromatic N) is 1. The molecule has 2 saturated heterocycles. The van der Waals surface area contributed by atoms with Crippen LogP contribution in [-0.4, -0.2) is 31.1 Å². The number of ether oxygens (including phenoxy) is 2. The van der Waals surface area contributed by atoms with Crippen LogP contribution in [0, 0.1) is 11.8 Å². The van der Waals surface area contributed by atoms with E-state index >= 15 is 0 Å². The predicted molar refractivity (Wildman–Crippen MR) is 70.3 cm³/mol. The normalized spacial score (nSPS) is 34.0. The molecule has 1 aromatic rings. The Kier molecular flexibility index (Phi) is 2.29. The van der Waals surface area contributed by atoms with Crippen LogP contribution in [0.5, 0.6) is 5.75 Å². The SMILES string of the molecule is COc1ccc(N2C(=O)[C@@H]3[C@@H](C2=O)[C@H]2C=C[C@@H]3O2)cc1. The van der Waals surface area contributed by atoms with Gasteiger partial charge in [-0.1, -0.05) is 12.2 Å². The molecule has 102 valence electrons. The molecule has 1 aromatic carbocycles. The summed E-state index contributed by atoms with van der Waals surface area (Å²) in [5, 5.41) is 0. The Bertz CT molecular complexity index is 591. The number of anilines is 1. The van der Waals surface area contributed by atoms with Gasteiger partial charge < -0.3 is 9.47 Å². The van der Waals surface area contributed by atoms with E-state index in [1.54, 1.807) is 31.4 Å². The van der Waals surface area contributed by atoms with Gasteiger partial charge in [0.2, 0.25) is 11.8 Å². The number of imide groups is 1. The summed E-state index contributed by atoms with van der Waals surface area (Å²) < 4.78 is 10.7. The van der Waals surface area contributed by atoms with E-state index in [4.69, 9.17) is 9.47 Å². The molecule has 5 nitrogen and oxygen atoms in total. The quantitative estimate of drug-likeness (QED) is 0.598. The molecule has 0 aliphatic carbocycles. The van der Waals surface area contributed by atoms with E-state index in [9.17, 15) is 9.59 Å². The third kappa shape index (κ3) is 1.35. The maximum Gasteiger partial charge on any atom is 0.240 e. The highest BCUT2D eigenvalue weighted by Gasteiger charge is 2.60. The first-order valence-electron chi connectivity index (χ1n) is 6.56. The predicted octanol–water partition coefficient (Wildman–Crippen LogP) is 1.14. The van der Waals surface area contributed by atoms with Gasteiger partial charge in [0.15, 0.2) is 0 Å². The molecular weight excluding hydrogens is 258 g/mol. The Morgan fingerprint density at radius 2 is 1.55 bits per heavy atom. The molecule has 3 aliphatic heterocycles. The molecule has 20 heavy (non-hydrogen) atoms. The van der Waals surface area contributed by atoms with Crippen LogP contribution >= 0.6 is 0 Å². The average molecular weight is 271 g/mol. The molecule has 5 heteroatoms. The molecule has 2 amide bonds. The van der Waals surface area contributed by atoms with Crippen molar-refractivity contribution in [2.75, 3.05) is 12.0 Å². The number of carbonyl (C=O) groups excluding carboxylic acids is 2. The molecular formula is C15H13NO4. The van der Waals surface area contributed by atoms with Crippen LogP contribution in [-0.2, 0) is 14.3 Å². The summed E-state index contributed by atoms with van der Waals surface area (Å²) in [5.41, 5.74) is 0.592. The zero-order valence-corrected chi connectivity index (χ0v) is 10.9. The first-order chi connectivity index (χ1) is 9.70. The average Bonchev–Trinajstić information content (AvgIpc) is 3.14. The molecule has 0 unspecified atom stereocenters. The van der Waals surface area contributed by atoms with Crippen molar-refractivity contribution in [1.29, 1.82) is 0 Å². The molecule has 4 atom stereocenters. The van der Waals surface area contributed by atoms with Gasteiger partial charge in [-0.3, -0.25) is 9.59 Å². The second-order valence-electron chi connectivity index (χ2n) is 5.21. The lowest BCUT2D eigenvalue weighted by molar-refractivity contribution is -0.124. The number of hydrogen-bond acceptors (Lipinski definition) is 4. The van der Waals surface area contributed by atoms with Gasteiger partial charge in [-0.2, -0.15) is 0 Å². The number of hydrogen-bond donors (Lipinski definition) is 0. The zero-order valence-electron chi connectivity index (χ0n) is 10.9. The maximum absolute atomic E-state index is 12.5. The Morgan fingerprint density at radius 3 is 2.05 bits per heavy atom. The molecule has 0 aromatic heterocycles. The molecule has 2 fully saturated rings. The van der Waals surface area contributed by atoms with Crippen molar-refractivity contribution in [2.24, 2.45) is 11.8 Å². The molecule has 0 spiro atoms. The number of fused-ring (bicyclic) bond motifs is 5. The molecule has 2 bridgehead atoms. The number of carbonyl (C=O) groups is 2. The smallest absolute Gasteiger partial charge is 0.240 e. The first kappa shape index (κ1) is 11.7. The molecule has 0 N–H and O–H groups in total. The van der Waals surface area contributed by atoms with Crippen LogP contribution in [0.25, 0.3) is 0 Å². The van der Waals surface area contributed by atoms with Crippen molar-refractivity contribution in [2.45, 2.75) is 12.2 Å². The second-order valence-corrected chi connectivity index (χ2v) is 5.21. The van der Waals surface area contributed by atoms with E-state index in [2.05, 4.69) is 0 Å². The van der Waals surface area contributed by atoms with Crippen LogP contribution in [0.15, 0.2) is 36.4 Å². The topological polar surface area (TPSA) is 55.8 Å². The highest BCUT2D eigenvalue weighted by molar-refractivity contribution is 6.23. The van der Waals surface area contributed by atoms with Gasteiger partial charge in [0.25, 0.3) is 0 Å². The van der Waals surface area contributed by atoms with E-state index in [0.717, 1.165) is 0 Å². The first-order valence-corrected chi connectivity index (χ1v) is 6.56. The maximum atomic E-state index is 12.5. The minimum absolute atomic E-state index is 0.165. The lowest BCUT2D eigenvalue weighted by Crippen LogP contribution is -2.34. The fraction of sp³-hybridized carbons (Fsp3) is 0.333. The largest absolute Gasteiger partial charge is 0.497 e. The van der Waals surface area contributed by atoms with Crippen LogP contribution in [0.1, 0.15) is 0 Å². The molecule has 3 heterocycles. The summed E-state index contributed by atoms with van der Waals surface area (Å²) in [5.74, 6) is -0.360. The summed E-state index contributed by atoms with van der Waals surface area (Å²) in [6.07, 6.45) is 3.28. The molecule has 4 rings (SSSR count). The fourth-order valence-corrected chi connectivity index (χ4v) is 3.29. The van der Waals surface area contributed by atoms with Gasteiger partial charge in [-0.25, -0.2) is 4.90 Å². The third-order valence-electron chi connectivity index (χ3n) is 4.24. The standard InChI is InChI=1S/C15H13NO4/c1-19-9-4-2-8(3-5-9)16-14(17)12-10-6-7-11(20-10)13(12)15(16)18/h2-7,10-13H,1H3/t10-,11+,12-,13-/m0/s1. The number of methoxy groups -OCH3 is 1. The van der Waals surface area contributed by atoms with Crippen LogP contribution in [0.4, 0.5) is 5.69 Å². The van der Waals surface area contributed by atoms with Crippen molar-refractivity contribution < 1.29 is 19.1 Å². The minimum atomic E-state index is -0.361. The summed E-state index contributed by atoms with van der Waals surface area (Å²) in [6.45, 7) is 0. The van der Waals surface area contributed by atoms with Crippen molar-refractivity contribution >= 4 is 17.5 Å². The van der Waals surface area contributed by atoms with Gasteiger partial charge in [0.1, 0.15) is 5.75 Å². The Balaban J connectivity index is 1.70. The zero-order chi connectivity index (χ0) is 13.9. The lowest BCUT2D eigenvalue weighted by Gasteiger charge is -2.17. The molecule has 0 radical (unpaired) electrons. The second kappa shape index (κ2) is 3.93. The van der Waals surface area contributed by atoms with Gasteiger partial charge in [-0.15, -0.1) is 0 Å². The molecule has 0 saturated carbocycles. The number of amides is 2. The summed E-state index contributed by atoms with van der Waals surface area (Å²) in [7, 11) is 1.58. The van der Waals surface area contributed by atoms with Crippen molar-refractivity contribution in [3.05, 3.63) is 36.4 Å². The lowest BCUT2D eigenvalue weighted by atomic mass is 9.85.